The van der Waals surface area contributed by atoms with Crippen LogP contribution in [0.3, 0.4) is 0 Å². The Kier molecular flexibility index (Phi) is 5.84. The van der Waals surface area contributed by atoms with Gasteiger partial charge in [-0.25, -0.2) is 4.98 Å². The Bertz CT molecular complexity index is 1360. The summed E-state index contributed by atoms with van der Waals surface area (Å²) in [5.74, 6) is 0.792. The molecule has 2 heterocycles. The zero-order valence-electron chi connectivity index (χ0n) is 18.6. The Balaban J connectivity index is 1.96. The van der Waals surface area contributed by atoms with Crippen LogP contribution < -0.4 is 5.56 Å². The van der Waals surface area contributed by atoms with E-state index in [-0.39, 0.29) is 11.5 Å². The van der Waals surface area contributed by atoms with Crippen LogP contribution in [0.5, 0.6) is 0 Å². The molecule has 2 aromatic heterocycles. The van der Waals surface area contributed by atoms with E-state index >= 15 is 0 Å². The summed E-state index contributed by atoms with van der Waals surface area (Å²) in [5, 5.41) is 6.38. The van der Waals surface area contributed by atoms with Gasteiger partial charge in [0.1, 0.15) is 5.82 Å². The van der Waals surface area contributed by atoms with E-state index in [0.717, 1.165) is 27.5 Å². The summed E-state index contributed by atoms with van der Waals surface area (Å²) in [7, 11) is 0. The first-order valence-corrected chi connectivity index (χ1v) is 11.5. The first-order chi connectivity index (χ1) is 14.8. The molecule has 4 rings (SSSR count). The molecule has 0 spiro atoms. The van der Waals surface area contributed by atoms with Crippen LogP contribution in [0.4, 0.5) is 0 Å². The highest BCUT2D eigenvalue weighted by atomic mass is 79.9. The number of fused-ring (bicyclic) bond motifs is 2. The van der Waals surface area contributed by atoms with Gasteiger partial charge in [-0.05, 0) is 51.5 Å². The summed E-state index contributed by atoms with van der Waals surface area (Å²) in [6, 6.07) is 14.3. The lowest BCUT2D eigenvalue weighted by atomic mass is 10.1. The van der Waals surface area contributed by atoms with Crippen molar-refractivity contribution >= 4 is 44.0 Å². The van der Waals surface area contributed by atoms with Crippen LogP contribution in [-0.4, -0.2) is 20.4 Å². The van der Waals surface area contributed by atoms with E-state index in [1.807, 2.05) is 30.5 Å². The van der Waals surface area contributed by atoms with Gasteiger partial charge in [0.25, 0.3) is 5.56 Å². The molecule has 31 heavy (non-hydrogen) atoms. The number of hydrogen-bond donors (Lipinski definition) is 0. The molecule has 0 aliphatic heterocycles. The summed E-state index contributed by atoms with van der Waals surface area (Å²) < 4.78 is 4.64. The number of benzene rings is 2. The van der Waals surface area contributed by atoms with Crippen molar-refractivity contribution in [2.75, 3.05) is 0 Å². The van der Waals surface area contributed by atoms with Crippen molar-refractivity contribution in [3.8, 4) is 0 Å². The number of para-hydroxylation sites is 1. The summed E-state index contributed by atoms with van der Waals surface area (Å²) in [6.45, 7) is 10.6. The maximum atomic E-state index is 13.4. The Morgan fingerprint density at radius 1 is 1.13 bits per heavy atom. The van der Waals surface area contributed by atoms with Crippen LogP contribution in [0.15, 0.2) is 56.8 Å². The fourth-order valence-corrected chi connectivity index (χ4v) is 4.50. The van der Waals surface area contributed by atoms with Crippen LogP contribution in [0.1, 0.15) is 63.2 Å². The standard InChI is InChI=1S/C25H27BrN4O/c1-6-16(4)24-28-22-12-11-18(26)13-20(22)25(31)30(24)27-14-21-17(5)29(15(2)3)23-10-8-7-9-19(21)23/h7-16H,6H2,1-5H3/t16-/m1/s1. The molecule has 0 radical (unpaired) electrons. The summed E-state index contributed by atoms with van der Waals surface area (Å²) in [4.78, 5) is 18.2. The van der Waals surface area contributed by atoms with E-state index in [1.165, 1.54) is 10.2 Å². The fraction of sp³-hybridized carbons (Fsp3) is 0.320. The smallest absolute Gasteiger partial charge is 0.282 e. The van der Waals surface area contributed by atoms with Crippen molar-refractivity contribution in [3.63, 3.8) is 0 Å². The maximum Gasteiger partial charge on any atom is 0.282 e. The number of nitrogens with zero attached hydrogens (tertiary/aromatic N) is 4. The number of hydrogen-bond acceptors (Lipinski definition) is 3. The Morgan fingerprint density at radius 2 is 1.87 bits per heavy atom. The molecule has 0 N–H and O–H groups in total. The molecule has 5 nitrogen and oxygen atoms in total. The van der Waals surface area contributed by atoms with E-state index in [9.17, 15) is 4.79 Å². The van der Waals surface area contributed by atoms with Crippen molar-refractivity contribution in [1.29, 1.82) is 0 Å². The molecule has 0 amide bonds. The van der Waals surface area contributed by atoms with Gasteiger partial charge in [0.05, 0.1) is 17.1 Å². The van der Waals surface area contributed by atoms with Crippen LogP contribution >= 0.6 is 15.9 Å². The highest BCUT2D eigenvalue weighted by molar-refractivity contribution is 9.10. The lowest BCUT2D eigenvalue weighted by Gasteiger charge is -2.14. The summed E-state index contributed by atoms with van der Waals surface area (Å²) in [6.07, 6.45) is 2.69. The van der Waals surface area contributed by atoms with Gasteiger partial charge in [-0.2, -0.15) is 9.78 Å². The Labute approximate surface area is 190 Å². The third-order valence-electron chi connectivity index (χ3n) is 5.91. The molecule has 0 fully saturated rings. The average molecular weight is 479 g/mol. The van der Waals surface area contributed by atoms with Crippen molar-refractivity contribution in [2.24, 2.45) is 5.10 Å². The van der Waals surface area contributed by atoms with Crippen LogP contribution in [0.25, 0.3) is 21.8 Å². The molecular weight excluding hydrogens is 452 g/mol. The minimum absolute atomic E-state index is 0.107. The fourth-order valence-electron chi connectivity index (χ4n) is 4.14. The van der Waals surface area contributed by atoms with Gasteiger partial charge < -0.3 is 4.57 Å². The zero-order valence-corrected chi connectivity index (χ0v) is 20.1. The number of aromatic nitrogens is 3. The average Bonchev–Trinajstić information content (AvgIpc) is 3.04. The topological polar surface area (TPSA) is 52.2 Å². The SMILES string of the molecule is CC[C@@H](C)c1nc2ccc(Br)cc2c(=O)n1N=Cc1c(C)n(C(C)C)c2ccccc12. The Hall–Kier alpha value is -2.73. The van der Waals surface area contributed by atoms with Crippen molar-refractivity contribution < 1.29 is 0 Å². The highest BCUT2D eigenvalue weighted by Crippen LogP contribution is 2.28. The normalized spacial score (nSPS) is 13.1. The minimum Gasteiger partial charge on any atom is -0.342 e. The zero-order chi connectivity index (χ0) is 22.3. The quantitative estimate of drug-likeness (QED) is 0.311. The van der Waals surface area contributed by atoms with Gasteiger partial charge in [-0.15, -0.1) is 0 Å². The highest BCUT2D eigenvalue weighted by Gasteiger charge is 2.17. The van der Waals surface area contributed by atoms with Gasteiger partial charge in [0, 0.05) is 38.6 Å². The van der Waals surface area contributed by atoms with E-state index in [0.29, 0.717) is 22.8 Å². The van der Waals surface area contributed by atoms with E-state index < -0.39 is 0 Å². The largest absolute Gasteiger partial charge is 0.342 e. The minimum atomic E-state index is -0.150. The molecular formula is C25H27BrN4O. The van der Waals surface area contributed by atoms with Crippen molar-refractivity contribution in [3.05, 3.63) is 74.4 Å². The maximum absolute atomic E-state index is 13.4. The molecule has 6 heteroatoms. The second-order valence-electron chi connectivity index (χ2n) is 8.28. The molecule has 160 valence electrons. The van der Waals surface area contributed by atoms with Crippen molar-refractivity contribution in [2.45, 2.75) is 53.0 Å². The molecule has 0 aliphatic carbocycles. The van der Waals surface area contributed by atoms with Crippen LogP contribution in [0, 0.1) is 6.92 Å². The molecule has 4 aromatic rings. The lowest BCUT2D eigenvalue weighted by Crippen LogP contribution is -2.23. The molecule has 0 aliphatic rings. The first-order valence-electron chi connectivity index (χ1n) is 10.7. The van der Waals surface area contributed by atoms with E-state index in [2.05, 4.69) is 73.3 Å². The molecule has 2 aromatic carbocycles. The predicted octanol–water partition coefficient (Wildman–Crippen LogP) is 6.40. The molecule has 0 bridgehead atoms. The summed E-state index contributed by atoms with van der Waals surface area (Å²) >= 11 is 3.46. The number of rotatable bonds is 5. The summed E-state index contributed by atoms with van der Waals surface area (Å²) in [5.41, 5.74) is 3.88. The molecule has 1 atom stereocenters. The van der Waals surface area contributed by atoms with Gasteiger partial charge in [0.15, 0.2) is 0 Å². The predicted molar refractivity (Wildman–Crippen MR) is 132 cm³/mol. The second-order valence-corrected chi connectivity index (χ2v) is 9.20. The lowest BCUT2D eigenvalue weighted by molar-refractivity contribution is 0.606. The molecule has 0 unspecified atom stereocenters. The molecule has 0 saturated carbocycles. The monoisotopic (exact) mass is 478 g/mol. The van der Waals surface area contributed by atoms with Gasteiger partial charge in [-0.1, -0.05) is 48.0 Å². The third-order valence-corrected chi connectivity index (χ3v) is 6.40. The van der Waals surface area contributed by atoms with Crippen LogP contribution in [-0.2, 0) is 0 Å². The third kappa shape index (κ3) is 3.74. The first kappa shape index (κ1) is 21.5. The Morgan fingerprint density at radius 3 is 2.58 bits per heavy atom. The number of halogens is 1. The van der Waals surface area contributed by atoms with Gasteiger partial charge in [0.2, 0.25) is 0 Å². The molecule has 0 saturated heterocycles. The van der Waals surface area contributed by atoms with E-state index in [4.69, 9.17) is 10.1 Å². The van der Waals surface area contributed by atoms with Crippen molar-refractivity contribution in [1.82, 2.24) is 14.2 Å². The van der Waals surface area contributed by atoms with Gasteiger partial charge >= 0.3 is 0 Å². The van der Waals surface area contributed by atoms with Crippen LogP contribution in [0.2, 0.25) is 0 Å². The van der Waals surface area contributed by atoms with E-state index in [1.54, 1.807) is 0 Å². The second kappa shape index (κ2) is 8.42. The van der Waals surface area contributed by atoms with Gasteiger partial charge in [-0.3, -0.25) is 4.79 Å².